The second-order valence-electron chi connectivity index (χ2n) is 7.45. The van der Waals surface area contributed by atoms with Crippen LogP contribution in [0.5, 0.6) is 5.75 Å². The summed E-state index contributed by atoms with van der Waals surface area (Å²) in [4.78, 5) is 26.2. The highest BCUT2D eigenvalue weighted by Gasteiger charge is 2.39. The lowest BCUT2D eigenvalue weighted by Gasteiger charge is -2.35. The molecule has 2 aromatic carbocycles. The van der Waals surface area contributed by atoms with Gasteiger partial charge >= 0.3 is 0 Å². The number of amides is 2. The largest absolute Gasteiger partial charge is 0.490 e. The van der Waals surface area contributed by atoms with Gasteiger partial charge in [-0.15, -0.1) is 0 Å². The Balaban J connectivity index is 1.24. The van der Waals surface area contributed by atoms with Crippen LogP contribution in [0.25, 0.3) is 10.8 Å². The molecule has 2 aliphatic rings. The monoisotopic (exact) mass is 383 g/mol. The number of carbonyl (C=O) groups excluding carboxylic acids is 2. The molecule has 0 spiro atoms. The van der Waals surface area contributed by atoms with Gasteiger partial charge in [0.25, 0.3) is 0 Å². The number of hydrogen-bond acceptors (Lipinski definition) is 5. The number of likely N-dealkylation sites (tertiary alicyclic amines) is 1. The third kappa shape index (κ3) is 3.95. The van der Waals surface area contributed by atoms with Gasteiger partial charge in [-0.1, -0.05) is 36.4 Å². The lowest BCUT2D eigenvalue weighted by molar-refractivity contribution is -0.131. The highest BCUT2D eigenvalue weighted by atomic mass is 16.5. The molecule has 0 aliphatic carbocycles. The number of aliphatic hydroxyl groups is 1. The molecule has 0 aromatic heterocycles. The van der Waals surface area contributed by atoms with Gasteiger partial charge in [-0.05, 0) is 11.5 Å². The van der Waals surface area contributed by atoms with E-state index in [1.165, 1.54) is 0 Å². The molecule has 2 fully saturated rings. The van der Waals surface area contributed by atoms with E-state index in [-0.39, 0.29) is 43.3 Å². The van der Waals surface area contributed by atoms with Crippen molar-refractivity contribution in [3.8, 4) is 5.75 Å². The van der Waals surface area contributed by atoms with Gasteiger partial charge in [0.2, 0.25) is 11.8 Å². The smallest absolute Gasteiger partial charge is 0.225 e. The van der Waals surface area contributed by atoms with E-state index >= 15 is 0 Å². The molecule has 28 heavy (non-hydrogen) atoms. The van der Waals surface area contributed by atoms with Crippen molar-refractivity contribution in [1.82, 2.24) is 15.5 Å². The summed E-state index contributed by atoms with van der Waals surface area (Å²) in [6, 6.07) is 13.9. The standard InChI is InChI=1S/C21H25N3O4/c25-17(13-28-19-7-3-5-14-4-1-2-6-18(14)19)11-23-21(27)15-8-20(26)24(12-15)16-9-22-10-16/h1-7,15-17,22,25H,8-13H2,(H,23,27). The Bertz CT molecular complexity index is 862. The van der Waals surface area contributed by atoms with Crippen LogP contribution in [0.1, 0.15) is 6.42 Å². The van der Waals surface area contributed by atoms with Gasteiger partial charge in [0.15, 0.2) is 0 Å². The summed E-state index contributed by atoms with van der Waals surface area (Å²) in [5.41, 5.74) is 0. The van der Waals surface area contributed by atoms with Gasteiger partial charge in [-0.3, -0.25) is 9.59 Å². The Morgan fingerprint density at radius 3 is 2.82 bits per heavy atom. The van der Waals surface area contributed by atoms with Crippen LogP contribution < -0.4 is 15.4 Å². The van der Waals surface area contributed by atoms with Crippen LogP contribution in [-0.2, 0) is 9.59 Å². The molecule has 0 bridgehead atoms. The Morgan fingerprint density at radius 2 is 2.04 bits per heavy atom. The van der Waals surface area contributed by atoms with Crippen molar-refractivity contribution < 1.29 is 19.4 Å². The summed E-state index contributed by atoms with van der Waals surface area (Å²) in [6.45, 7) is 2.23. The van der Waals surface area contributed by atoms with E-state index in [1.807, 2.05) is 42.5 Å². The van der Waals surface area contributed by atoms with Crippen LogP contribution in [0.4, 0.5) is 0 Å². The van der Waals surface area contributed by atoms with Crippen molar-refractivity contribution >= 4 is 22.6 Å². The predicted octanol–water partition coefficient (Wildman–Crippen LogP) is 0.516. The van der Waals surface area contributed by atoms with Crippen LogP contribution >= 0.6 is 0 Å². The molecule has 4 rings (SSSR count). The Kier molecular flexibility index (Phi) is 5.45. The fourth-order valence-electron chi connectivity index (χ4n) is 3.68. The fourth-order valence-corrected chi connectivity index (χ4v) is 3.68. The van der Waals surface area contributed by atoms with Gasteiger partial charge in [-0.25, -0.2) is 0 Å². The van der Waals surface area contributed by atoms with Gasteiger partial charge in [0, 0.05) is 38.0 Å². The second kappa shape index (κ2) is 8.16. The summed E-state index contributed by atoms with van der Waals surface area (Å²) >= 11 is 0. The SMILES string of the molecule is O=C(NCC(O)COc1cccc2ccccc12)C1CC(=O)N(C2CNC2)C1. The summed E-state index contributed by atoms with van der Waals surface area (Å²) in [5, 5.41) is 18.1. The van der Waals surface area contributed by atoms with Crippen molar-refractivity contribution in [1.29, 1.82) is 0 Å². The van der Waals surface area contributed by atoms with E-state index in [2.05, 4.69) is 10.6 Å². The zero-order valence-electron chi connectivity index (χ0n) is 15.6. The quantitative estimate of drug-likeness (QED) is 0.648. The number of ether oxygens (including phenoxy) is 1. The predicted molar refractivity (Wildman–Crippen MR) is 105 cm³/mol. The number of hydrogen-bond donors (Lipinski definition) is 3. The molecule has 3 N–H and O–H groups in total. The molecular formula is C21H25N3O4. The molecule has 0 radical (unpaired) electrons. The molecule has 2 saturated heterocycles. The molecule has 2 amide bonds. The van der Waals surface area contributed by atoms with Gasteiger partial charge in [-0.2, -0.15) is 0 Å². The number of fused-ring (bicyclic) bond motifs is 1. The molecule has 148 valence electrons. The molecule has 2 aromatic rings. The molecule has 2 aliphatic heterocycles. The zero-order valence-corrected chi connectivity index (χ0v) is 15.6. The Morgan fingerprint density at radius 1 is 1.25 bits per heavy atom. The minimum Gasteiger partial charge on any atom is -0.490 e. The summed E-state index contributed by atoms with van der Waals surface area (Å²) in [5.74, 6) is 0.202. The van der Waals surface area contributed by atoms with Crippen molar-refractivity contribution in [2.75, 3.05) is 32.8 Å². The highest BCUT2D eigenvalue weighted by molar-refractivity contribution is 5.89. The normalized spacial score (nSPS) is 20.8. The zero-order chi connectivity index (χ0) is 19.5. The number of nitrogens with one attached hydrogen (secondary N) is 2. The van der Waals surface area contributed by atoms with Crippen molar-refractivity contribution in [3.05, 3.63) is 42.5 Å². The maximum Gasteiger partial charge on any atom is 0.225 e. The molecule has 2 heterocycles. The maximum atomic E-state index is 12.4. The number of benzene rings is 2. The summed E-state index contributed by atoms with van der Waals surface area (Å²) in [7, 11) is 0. The van der Waals surface area contributed by atoms with Crippen LogP contribution in [0.3, 0.4) is 0 Å². The van der Waals surface area contributed by atoms with E-state index < -0.39 is 6.10 Å². The highest BCUT2D eigenvalue weighted by Crippen LogP contribution is 2.25. The number of nitrogens with zero attached hydrogens (tertiary/aromatic N) is 1. The lowest BCUT2D eigenvalue weighted by atomic mass is 10.1. The van der Waals surface area contributed by atoms with Crippen molar-refractivity contribution in [2.24, 2.45) is 5.92 Å². The third-order valence-electron chi connectivity index (χ3n) is 5.42. The first-order chi connectivity index (χ1) is 13.6. The van der Waals surface area contributed by atoms with Gasteiger partial charge < -0.3 is 25.4 Å². The fraction of sp³-hybridized carbons (Fsp3) is 0.429. The van der Waals surface area contributed by atoms with E-state index in [9.17, 15) is 14.7 Å². The van der Waals surface area contributed by atoms with Crippen LogP contribution in [0, 0.1) is 5.92 Å². The molecule has 2 atom stereocenters. The molecule has 7 nitrogen and oxygen atoms in total. The molecular weight excluding hydrogens is 358 g/mol. The average Bonchev–Trinajstić information content (AvgIpc) is 3.04. The van der Waals surface area contributed by atoms with E-state index in [1.54, 1.807) is 4.90 Å². The second-order valence-corrected chi connectivity index (χ2v) is 7.45. The Hall–Kier alpha value is -2.64. The average molecular weight is 383 g/mol. The van der Waals surface area contributed by atoms with E-state index in [4.69, 9.17) is 4.74 Å². The maximum absolute atomic E-state index is 12.4. The first kappa shape index (κ1) is 18.7. The molecule has 0 saturated carbocycles. The van der Waals surface area contributed by atoms with Crippen LogP contribution in [0.2, 0.25) is 0 Å². The lowest BCUT2D eigenvalue weighted by Crippen LogP contribution is -2.57. The van der Waals surface area contributed by atoms with Crippen LogP contribution in [0.15, 0.2) is 42.5 Å². The number of carbonyl (C=O) groups is 2. The molecule has 7 heteroatoms. The van der Waals surface area contributed by atoms with Crippen LogP contribution in [-0.4, -0.2) is 66.8 Å². The topological polar surface area (TPSA) is 90.9 Å². The third-order valence-corrected chi connectivity index (χ3v) is 5.42. The van der Waals surface area contributed by atoms with E-state index in [0.29, 0.717) is 12.3 Å². The van der Waals surface area contributed by atoms with Gasteiger partial charge in [0.1, 0.15) is 18.5 Å². The minimum atomic E-state index is -0.827. The first-order valence-corrected chi connectivity index (χ1v) is 9.68. The summed E-state index contributed by atoms with van der Waals surface area (Å²) in [6.07, 6.45) is -0.586. The Labute approximate surface area is 163 Å². The number of aliphatic hydroxyl groups excluding tert-OH is 1. The van der Waals surface area contributed by atoms with E-state index in [0.717, 1.165) is 23.9 Å². The minimum absolute atomic E-state index is 0.0338. The van der Waals surface area contributed by atoms with Crippen molar-refractivity contribution in [3.63, 3.8) is 0 Å². The summed E-state index contributed by atoms with van der Waals surface area (Å²) < 4.78 is 5.76. The van der Waals surface area contributed by atoms with Gasteiger partial charge in [0.05, 0.1) is 12.0 Å². The first-order valence-electron chi connectivity index (χ1n) is 9.68. The van der Waals surface area contributed by atoms with Crippen molar-refractivity contribution in [2.45, 2.75) is 18.6 Å². The molecule has 2 unspecified atom stereocenters. The number of rotatable bonds is 7.